The van der Waals surface area contributed by atoms with Crippen LogP contribution in [0.3, 0.4) is 0 Å². The molecule has 0 aromatic carbocycles. The predicted molar refractivity (Wildman–Crippen MR) is 65.7 cm³/mol. The summed E-state index contributed by atoms with van der Waals surface area (Å²) in [7, 11) is 1.35. The highest BCUT2D eigenvalue weighted by molar-refractivity contribution is 6.29. The average molecular weight is 301 g/mol. The Hall–Kier alpha value is -2.35. The predicted octanol–water partition coefficient (Wildman–Crippen LogP) is 2.06. The fraction of sp³-hybridized carbons (Fsp3) is 0.0909. The zero-order valence-electron chi connectivity index (χ0n) is 10.0. The monoisotopic (exact) mass is 300 g/mol. The van der Waals surface area contributed by atoms with Crippen molar-refractivity contribution in [2.45, 2.75) is 0 Å². The highest BCUT2D eigenvalue weighted by atomic mass is 35.5. The third-order valence-electron chi connectivity index (χ3n) is 2.20. The number of carbonyl (C=O) groups excluding carboxylic acids is 1. The molecule has 0 unspecified atom stereocenters. The molecule has 20 heavy (non-hydrogen) atoms. The standard InChI is InChI=1S/C11H7ClF2N4O2/c1-20-7-4-6(12)16-11(17-7)18-10(19)5-2-3-15-9(14)8(5)13/h2-4H,1H3,(H,16,17,18,19). The van der Waals surface area contributed by atoms with Gasteiger partial charge in [0.05, 0.1) is 12.7 Å². The third kappa shape index (κ3) is 2.97. The molecule has 0 bridgehead atoms. The molecule has 0 aliphatic heterocycles. The van der Waals surface area contributed by atoms with Crippen LogP contribution in [-0.2, 0) is 0 Å². The van der Waals surface area contributed by atoms with Crippen LogP contribution in [0.25, 0.3) is 0 Å². The van der Waals surface area contributed by atoms with Gasteiger partial charge in [0.1, 0.15) is 5.15 Å². The number of methoxy groups -OCH3 is 1. The van der Waals surface area contributed by atoms with Crippen LogP contribution in [0.5, 0.6) is 5.88 Å². The maximum atomic E-state index is 13.4. The number of nitrogens with zero attached hydrogens (tertiary/aromatic N) is 3. The Labute approximate surface area is 116 Å². The maximum absolute atomic E-state index is 13.4. The van der Waals surface area contributed by atoms with Gasteiger partial charge >= 0.3 is 0 Å². The van der Waals surface area contributed by atoms with Gasteiger partial charge in [-0.25, -0.2) is 14.4 Å². The second kappa shape index (κ2) is 5.74. The molecule has 0 aliphatic carbocycles. The Kier molecular flexibility index (Phi) is 4.04. The van der Waals surface area contributed by atoms with Crippen molar-refractivity contribution >= 4 is 23.5 Å². The van der Waals surface area contributed by atoms with Crippen LogP contribution >= 0.6 is 11.6 Å². The SMILES string of the molecule is COc1cc(Cl)nc(NC(=O)c2ccnc(F)c2F)n1. The van der Waals surface area contributed by atoms with E-state index in [4.69, 9.17) is 16.3 Å². The molecule has 2 rings (SSSR count). The van der Waals surface area contributed by atoms with Crippen LogP contribution in [0.2, 0.25) is 5.15 Å². The molecule has 6 nitrogen and oxygen atoms in total. The molecule has 0 radical (unpaired) electrons. The second-order valence-electron chi connectivity index (χ2n) is 3.47. The van der Waals surface area contributed by atoms with Crippen LogP contribution in [0.4, 0.5) is 14.7 Å². The molecule has 0 spiro atoms. The van der Waals surface area contributed by atoms with E-state index < -0.39 is 23.2 Å². The summed E-state index contributed by atoms with van der Waals surface area (Å²) >= 11 is 5.69. The Morgan fingerprint density at radius 1 is 1.40 bits per heavy atom. The number of hydrogen-bond acceptors (Lipinski definition) is 5. The molecule has 104 valence electrons. The number of carbonyl (C=O) groups is 1. The molecular formula is C11H7ClF2N4O2. The van der Waals surface area contributed by atoms with Crippen LogP contribution in [0.15, 0.2) is 18.3 Å². The van der Waals surface area contributed by atoms with Crippen molar-refractivity contribution < 1.29 is 18.3 Å². The fourth-order valence-corrected chi connectivity index (χ4v) is 1.49. The molecule has 9 heteroatoms. The Morgan fingerprint density at radius 2 is 2.15 bits per heavy atom. The van der Waals surface area contributed by atoms with Crippen LogP contribution < -0.4 is 10.1 Å². The number of aromatic nitrogens is 3. The number of nitrogens with one attached hydrogen (secondary N) is 1. The zero-order chi connectivity index (χ0) is 14.7. The third-order valence-corrected chi connectivity index (χ3v) is 2.39. The smallest absolute Gasteiger partial charge is 0.261 e. The summed E-state index contributed by atoms with van der Waals surface area (Å²) in [6.07, 6.45) is 0.965. The topological polar surface area (TPSA) is 77.0 Å². The first kappa shape index (κ1) is 14.1. The van der Waals surface area contributed by atoms with E-state index in [1.165, 1.54) is 13.2 Å². The quantitative estimate of drug-likeness (QED) is 0.693. The van der Waals surface area contributed by atoms with Gasteiger partial charge in [-0.2, -0.15) is 9.37 Å². The van der Waals surface area contributed by atoms with Gasteiger partial charge in [-0.1, -0.05) is 11.6 Å². The van der Waals surface area contributed by atoms with Crippen LogP contribution in [-0.4, -0.2) is 28.0 Å². The highest BCUT2D eigenvalue weighted by Crippen LogP contribution is 2.17. The van der Waals surface area contributed by atoms with E-state index >= 15 is 0 Å². The van der Waals surface area contributed by atoms with Gasteiger partial charge in [0, 0.05) is 12.3 Å². The van der Waals surface area contributed by atoms with Crippen molar-refractivity contribution in [1.82, 2.24) is 15.0 Å². The molecule has 2 aromatic heterocycles. The van der Waals surface area contributed by atoms with E-state index in [-0.39, 0.29) is 17.0 Å². The molecular weight excluding hydrogens is 294 g/mol. The summed E-state index contributed by atoms with van der Waals surface area (Å²) in [5, 5.41) is 2.20. The number of halogens is 3. The Morgan fingerprint density at radius 3 is 2.85 bits per heavy atom. The summed E-state index contributed by atoms with van der Waals surface area (Å²) in [6.45, 7) is 0. The maximum Gasteiger partial charge on any atom is 0.261 e. The van der Waals surface area contributed by atoms with Crippen molar-refractivity contribution in [3.63, 3.8) is 0 Å². The summed E-state index contributed by atoms with van der Waals surface area (Å²) in [5.41, 5.74) is -0.528. The Balaban J connectivity index is 2.28. The minimum atomic E-state index is -1.37. The van der Waals surface area contributed by atoms with E-state index in [1.54, 1.807) is 0 Å². The van der Waals surface area contributed by atoms with Crippen LogP contribution in [0, 0.1) is 11.8 Å². The molecule has 0 atom stereocenters. The number of anilines is 1. The van der Waals surface area contributed by atoms with E-state index in [0.717, 1.165) is 12.3 Å². The number of ether oxygens (including phenoxy) is 1. The first-order valence-electron chi connectivity index (χ1n) is 5.21. The van der Waals surface area contributed by atoms with E-state index in [2.05, 4.69) is 20.3 Å². The van der Waals surface area contributed by atoms with Gasteiger partial charge < -0.3 is 4.74 Å². The number of pyridine rings is 1. The molecule has 0 saturated heterocycles. The molecule has 0 fully saturated rings. The number of hydrogen-bond donors (Lipinski definition) is 1. The van der Waals surface area contributed by atoms with Gasteiger partial charge in [-0.15, -0.1) is 0 Å². The molecule has 2 heterocycles. The lowest BCUT2D eigenvalue weighted by Crippen LogP contribution is -2.17. The molecule has 2 aromatic rings. The molecule has 1 N–H and O–H groups in total. The van der Waals surface area contributed by atoms with Crippen molar-refractivity contribution in [2.75, 3.05) is 12.4 Å². The zero-order valence-corrected chi connectivity index (χ0v) is 10.8. The second-order valence-corrected chi connectivity index (χ2v) is 3.86. The summed E-state index contributed by atoms with van der Waals surface area (Å²) in [4.78, 5) is 22.4. The van der Waals surface area contributed by atoms with E-state index in [0.29, 0.717) is 0 Å². The lowest BCUT2D eigenvalue weighted by Gasteiger charge is -2.06. The highest BCUT2D eigenvalue weighted by Gasteiger charge is 2.17. The molecule has 0 saturated carbocycles. The normalized spacial score (nSPS) is 10.2. The largest absolute Gasteiger partial charge is 0.481 e. The Bertz CT molecular complexity index is 669. The van der Waals surface area contributed by atoms with Crippen molar-refractivity contribution in [3.05, 3.63) is 40.8 Å². The summed E-state index contributed by atoms with van der Waals surface area (Å²) in [5.74, 6) is -3.76. The number of rotatable bonds is 3. The van der Waals surface area contributed by atoms with E-state index in [1.807, 2.05) is 0 Å². The first-order valence-corrected chi connectivity index (χ1v) is 5.59. The van der Waals surface area contributed by atoms with Gasteiger partial charge in [-0.05, 0) is 6.07 Å². The lowest BCUT2D eigenvalue weighted by molar-refractivity contribution is 0.102. The summed E-state index contributed by atoms with van der Waals surface area (Å²) < 4.78 is 31.1. The van der Waals surface area contributed by atoms with Gasteiger partial charge in [0.2, 0.25) is 17.8 Å². The van der Waals surface area contributed by atoms with Gasteiger partial charge in [0.15, 0.2) is 5.82 Å². The summed E-state index contributed by atoms with van der Waals surface area (Å²) in [6, 6.07) is 2.35. The minimum Gasteiger partial charge on any atom is -0.481 e. The first-order chi connectivity index (χ1) is 9.51. The molecule has 1 amide bonds. The number of amides is 1. The van der Waals surface area contributed by atoms with Crippen molar-refractivity contribution in [2.24, 2.45) is 0 Å². The minimum absolute atomic E-state index is 0.0218. The fourth-order valence-electron chi connectivity index (χ4n) is 1.32. The lowest BCUT2D eigenvalue weighted by atomic mass is 10.2. The van der Waals surface area contributed by atoms with E-state index in [9.17, 15) is 13.6 Å². The van der Waals surface area contributed by atoms with Crippen molar-refractivity contribution in [1.29, 1.82) is 0 Å². The van der Waals surface area contributed by atoms with Crippen molar-refractivity contribution in [3.8, 4) is 5.88 Å². The van der Waals surface area contributed by atoms with Crippen LogP contribution in [0.1, 0.15) is 10.4 Å². The average Bonchev–Trinajstić information content (AvgIpc) is 2.41. The molecule has 0 aliphatic rings. The van der Waals surface area contributed by atoms with Gasteiger partial charge in [0.25, 0.3) is 5.91 Å². The van der Waals surface area contributed by atoms with Gasteiger partial charge in [-0.3, -0.25) is 10.1 Å².